The Morgan fingerprint density at radius 2 is 1.75 bits per heavy atom. The minimum Gasteiger partial charge on any atom is -0.507 e. The van der Waals surface area contributed by atoms with Gasteiger partial charge in [0, 0.05) is 56.8 Å². The van der Waals surface area contributed by atoms with Crippen molar-refractivity contribution >= 4 is 40.6 Å². The molecular formula is C47H62FN9O6S. The molecule has 0 radical (unpaired) electrons. The first-order valence-electron chi connectivity index (χ1n) is 22.4. The van der Waals surface area contributed by atoms with Gasteiger partial charge in [-0.15, -0.1) is 21.5 Å². The number of benzene rings is 2. The highest BCUT2D eigenvalue weighted by molar-refractivity contribution is 7.13. The van der Waals surface area contributed by atoms with Crippen molar-refractivity contribution in [1.82, 2.24) is 35.6 Å². The number of β-amino-alcohol motifs (C(OH)–C–C–N with tert-alkyl or cyclic N) is 1. The largest absolute Gasteiger partial charge is 0.507 e. The van der Waals surface area contributed by atoms with Crippen LogP contribution in [0.2, 0.25) is 0 Å². The van der Waals surface area contributed by atoms with E-state index in [1.165, 1.54) is 4.90 Å². The third kappa shape index (κ3) is 11.3. The lowest BCUT2D eigenvalue weighted by Gasteiger charge is -2.36. The second kappa shape index (κ2) is 20.2. The highest BCUT2D eigenvalue weighted by Crippen LogP contribution is 2.41. The molecule has 3 atom stereocenters. The number of para-hydroxylation sites is 1. The van der Waals surface area contributed by atoms with Crippen LogP contribution in [-0.2, 0) is 20.9 Å². The van der Waals surface area contributed by atoms with Crippen LogP contribution in [0.3, 0.4) is 0 Å². The number of anilines is 2. The molecule has 2 aliphatic heterocycles. The molecule has 2 aromatic heterocycles. The number of likely N-dealkylation sites (tertiary alicyclic amines) is 1. The van der Waals surface area contributed by atoms with Gasteiger partial charge < -0.3 is 41.1 Å². The number of thiazole rings is 1. The van der Waals surface area contributed by atoms with E-state index in [0.29, 0.717) is 29.4 Å². The minimum absolute atomic E-state index is 0.0441. The van der Waals surface area contributed by atoms with Gasteiger partial charge in [-0.2, -0.15) is 0 Å². The third-order valence-electron chi connectivity index (χ3n) is 12.4. The maximum Gasteiger partial charge on any atom is 0.258 e. The number of rotatable bonds is 18. The molecule has 7 rings (SSSR count). The number of hydrogen-bond acceptors (Lipinski definition) is 13. The second-order valence-electron chi connectivity index (χ2n) is 18.4. The molecule has 1 saturated carbocycles. The predicted octanol–water partition coefficient (Wildman–Crippen LogP) is 5.63. The number of amides is 3. The molecule has 17 heteroatoms. The fraction of sp³-hybridized carbons (Fsp3) is 0.532. The highest BCUT2D eigenvalue weighted by Gasteiger charge is 2.53. The molecule has 1 aliphatic carbocycles. The van der Waals surface area contributed by atoms with Crippen LogP contribution in [0, 0.1) is 12.3 Å². The summed E-state index contributed by atoms with van der Waals surface area (Å²) in [5, 5.41) is 34.9. The second-order valence-corrected chi connectivity index (χ2v) is 19.3. The Morgan fingerprint density at radius 1 is 1.02 bits per heavy atom. The van der Waals surface area contributed by atoms with Crippen molar-refractivity contribution in [2.45, 2.75) is 109 Å². The topological polar surface area (TPSA) is 199 Å². The third-order valence-corrected chi connectivity index (χ3v) is 13.4. The van der Waals surface area contributed by atoms with E-state index in [0.717, 1.165) is 92.2 Å². The number of aliphatic hydroxyl groups is 1. The number of phenolic OH excluding ortho intramolecular Hbond substituents is 1. The molecule has 6 N–H and O–H groups in total. The quantitative estimate of drug-likeness (QED) is 0.0774. The smallest absolute Gasteiger partial charge is 0.258 e. The van der Waals surface area contributed by atoms with Crippen molar-refractivity contribution < 1.29 is 33.7 Å². The van der Waals surface area contributed by atoms with Gasteiger partial charge in [-0.3, -0.25) is 19.3 Å². The number of carbonyl (C=O) groups is 3. The average Bonchev–Trinajstić information content (AvgIpc) is 3.68. The first kappa shape index (κ1) is 46.6. The van der Waals surface area contributed by atoms with Crippen LogP contribution in [0.15, 0.2) is 54.0 Å². The number of carbonyl (C=O) groups excluding carboxylic acids is 3. The molecule has 4 heterocycles. The van der Waals surface area contributed by atoms with Crippen molar-refractivity contribution in [3.8, 4) is 33.2 Å². The molecule has 3 fully saturated rings. The summed E-state index contributed by atoms with van der Waals surface area (Å²) in [5.74, 6) is -0.589. The molecule has 0 spiro atoms. The molecule has 64 heavy (non-hydrogen) atoms. The van der Waals surface area contributed by atoms with Gasteiger partial charge in [0.25, 0.3) is 5.91 Å². The standard InChI is InChI=1S/C47H62FN9O6S/c1-30-40(64-29-51-30)31-14-15-32(27-50-43(60)37-25-33(58)28-57(37)44(61)41(46(2,3)4)52-45(62)47(48)16-17-47)39(24-31)63-23-11-7-5-6-10-18-55-19-21-56(22-20-55)36-26-35(53-54-42(36)49)34-12-8-9-13-38(34)59/h8-9,12-15,24,26,29,33,37,41,58-59H,5-7,10-11,16-23,25,27-28H2,1-4H3,(H2,49,54)(H,50,60)(H,52,62)/t33-,37+,41-/m1/s1. The predicted molar refractivity (Wildman–Crippen MR) is 245 cm³/mol. The average molecular weight is 900 g/mol. The number of aliphatic hydroxyl groups excluding tert-OH is 1. The SMILES string of the molecule is Cc1ncsc1-c1ccc(CNC(=O)[C@@H]2C[C@@H](O)CN2C(=O)[C@@H](NC(=O)C2(F)CC2)C(C)(C)C)c(OCCCCCCCN2CCN(c3cc(-c4ccccc4O)nnc3N)CC2)c1. The number of nitrogens with one attached hydrogen (secondary N) is 2. The number of aromatic nitrogens is 3. The van der Waals surface area contributed by atoms with Crippen molar-refractivity contribution in [2.24, 2.45) is 5.41 Å². The van der Waals surface area contributed by atoms with Gasteiger partial charge in [-0.05, 0) is 74.4 Å². The Hall–Kier alpha value is -5.39. The summed E-state index contributed by atoms with van der Waals surface area (Å²) in [5.41, 5.74) is 10.0. The van der Waals surface area contributed by atoms with E-state index in [4.69, 9.17) is 10.5 Å². The van der Waals surface area contributed by atoms with E-state index in [-0.39, 0.29) is 38.1 Å². The summed E-state index contributed by atoms with van der Waals surface area (Å²) in [6, 6.07) is 12.8. The van der Waals surface area contributed by atoms with Gasteiger partial charge in [0.15, 0.2) is 11.5 Å². The Labute approximate surface area is 378 Å². The Balaban J connectivity index is 0.876. The van der Waals surface area contributed by atoms with Gasteiger partial charge >= 0.3 is 0 Å². The van der Waals surface area contributed by atoms with Crippen LogP contribution in [0.4, 0.5) is 15.9 Å². The Bertz CT molecular complexity index is 2270. The molecule has 2 aromatic carbocycles. The van der Waals surface area contributed by atoms with E-state index in [9.17, 15) is 29.0 Å². The lowest BCUT2D eigenvalue weighted by molar-refractivity contribution is -0.145. The molecular weight excluding hydrogens is 838 g/mol. The number of alkyl halides is 1. The zero-order valence-electron chi connectivity index (χ0n) is 37.3. The van der Waals surface area contributed by atoms with Crippen LogP contribution in [0.1, 0.15) is 83.4 Å². The van der Waals surface area contributed by atoms with E-state index in [2.05, 4.69) is 35.6 Å². The van der Waals surface area contributed by atoms with Gasteiger partial charge in [0.2, 0.25) is 11.8 Å². The lowest BCUT2D eigenvalue weighted by Crippen LogP contribution is -2.59. The number of nitrogens with two attached hydrogens (primary N) is 1. The first-order chi connectivity index (χ1) is 30.6. The molecule has 4 aromatic rings. The number of halogens is 1. The monoisotopic (exact) mass is 899 g/mol. The lowest BCUT2D eigenvalue weighted by atomic mass is 9.85. The fourth-order valence-electron chi connectivity index (χ4n) is 8.40. The summed E-state index contributed by atoms with van der Waals surface area (Å²) >= 11 is 1.55. The number of aryl methyl sites for hydroxylation is 1. The first-order valence-corrected chi connectivity index (χ1v) is 23.3. The maximum atomic E-state index is 14.6. The van der Waals surface area contributed by atoms with Crippen LogP contribution in [0.5, 0.6) is 11.5 Å². The molecule has 3 amide bonds. The number of unbranched alkanes of at least 4 members (excludes halogenated alkanes) is 4. The van der Waals surface area contributed by atoms with Crippen molar-refractivity contribution in [1.29, 1.82) is 0 Å². The number of hydrogen-bond donors (Lipinski definition) is 5. The summed E-state index contributed by atoms with van der Waals surface area (Å²) in [6.07, 6.45) is 4.52. The van der Waals surface area contributed by atoms with Crippen molar-refractivity contribution in [2.75, 3.05) is 56.5 Å². The molecule has 0 unspecified atom stereocenters. The van der Waals surface area contributed by atoms with Gasteiger partial charge in [0.1, 0.15) is 23.6 Å². The van der Waals surface area contributed by atoms with Gasteiger partial charge in [-0.25, -0.2) is 9.37 Å². The van der Waals surface area contributed by atoms with E-state index in [1.54, 1.807) is 44.2 Å². The number of aromatic hydroxyl groups is 1. The van der Waals surface area contributed by atoms with Crippen molar-refractivity contribution in [3.63, 3.8) is 0 Å². The summed E-state index contributed by atoms with van der Waals surface area (Å²) in [6.45, 7) is 12.4. The van der Waals surface area contributed by atoms with E-state index < -0.39 is 47.0 Å². The van der Waals surface area contributed by atoms with E-state index in [1.807, 2.05) is 48.8 Å². The van der Waals surface area contributed by atoms with Crippen molar-refractivity contribution in [3.05, 3.63) is 65.3 Å². The summed E-state index contributed by atoms with van der Waals surface area (Å²) in [4.78, 5) is 51.8. The van der Waals surface area contributed by atoms with Crippen LogP contribution < -0.4 is 26.0 Å². The Morgan fingerprint density at radius 3 is 2.45 bits per heavy atom. The zero-order valence-corrected chi connectivity index (χ0v) is 38.1. The van der Waals surface area contributed by atoms with Crippen LogP contribution >= 0.6 is 11.3 Å². The molecule has 2 saturated heterocycles. The summed E-state index contributed by atoms with van der Waals surface area (Å²) in [7, 11) is 0. The normalized spacial score (nSPS) is 19.0. The molecule has 15 nitrogen and oxygen atoms in total. The van der Waals surface area contributed by atoms with E-state index >= 15 is 0 Å². The molecule has 0 bridgehead atoms. The zero-order chi connectivity index (χ0) is 45.6. The maximum absolute atomic E-state index is 14.6. The highest BCUT2D eigenvalue weighted by atomic mass is 32.1. The number of piperazine rings is 1. The van der Waals surface area contributed by atoms with Gasteiger partial charge in [-0.1, -0.05) is 64.3 Å². The number of nitrogen functional groups attached to an aromatic ring is 1. The van der Waals surface area contributed by atoms with Gasteiger partial charge in [0.05, 0.1) is 40.2 Å². The number of ether oxygens (including phenoxy) is 1. The summed E-state index contributed by atoms with van der Waals surface area (Å²) < 4.78 is 21.0. The Kier molecular flexibility index (Phi) is 14.7. The van der Waals surface area contributed by atoms with Crippen LogP contribution in [0.25, 0.3) is 21.7 Å². The number of nitrogens with zero attached hydrogens (tertiary/aromatic N) is 6. The minimum atomic E-state index is -1.96. The van der Waals surface area contributed by atoms with Crippen LogP contribution in [-0.4, -0.2) is 123 Å². The molecule has 344 valence electrons. The number of phenols is 1. The fourth-order valence-corrected chi connectivity index (χ4v) is 9.20. The molecule has 3 aliphatic rings.